The molecule has 0 aromatic heterocycles. The third kappa shape index (κ3) is 2.89. The minimum absolute atomic E-state index is 0.0554. The third-order valence-electron chi connectivity index (χ3n) is 4.01. The number of aryl methyl sites for hydroxylation is 1. The van der Waals surface area contributed by atoms with Gasteiger partial charge in [-0.05, 0) is 65.2 Å². The molecule has 0 saturated heterocycles. The molecule has 100 valence electrons. The fourth-order valence-electron chi connectivity index (χ4n) is 3.02. The Kier molecular flexibility index (Phi) is 3.75. The van der Waals surface area contributed by atoms with Crippen molar-refractivity contribution in [1.29, 1.82) is 0 Å². The van der Waals surface area contributed by atoms with Crippen molar-refractivity contribution in [3.63, 3.8) is 0 Å². The molecular weight excluding hydrogens is 288 g/mol. The van der Waals surface area contributed by atoms with Gasteiger partial charge in [0.25, 0.3) is 0 Å². The molecule has 1 unspecified atom stereocenters. The maximum Gasteiger partial charge on any atom is 0.0501 e. The number of hydrogen-bond acceptors (Lipinski definition) is 2. The molecule has 0 bridgehead atoms. The van der Waals surface area contributed by atoms with Gasteiger partial charge in [0.05, 0.1) is 5.54 Å². The molecule has 0 amide bonds. The number of halogens is 1. The van der Waals surface area contributed by atoms with Crippen molar-refractivity contribution in [2.24, 2.45) is 11.1 Å². The van der Waals surface area contributed by atoms with Crippen LogP contribution in [0.3, 0.4) is 0 Å². The molecule has 1 aliphatic carbocycles. The zero-order chi connectivity index (χ0) is 13.4. The number of hydrogen-bond donors (Lipinski definition) is 2. The molecule has 0 heterocycles. The molecule has 18 heavy (non-hydrogen) atoms. The molecular formula is C15H23BrN2. The Balaban J connectivity index is 2.23. The van der Waals surface area contributed by atoms with Gasteiger partial charge in [0.2, 0.25) is 0 Å². The summed E-state index contributed by atoms with van der Waals surface area (Å²) in [4.78, 5) is 0. The summed E-state index contributed by atoms with van der Waals surface area (Å²) < 4.78 is 1.12. The first kappa shape index (κ1) is 13.9. The second-order valence-corrected chi connectivity index (χ2v) is 7.29. The van der Waals surface area contributed by atoms with Gasteiger partial charge in [0.1, 0.15) is 0 Å². The van der Waals surface area contributed by atoms with Crippen LogP contribution in [0.2, 0.25) is 0 Å². The normalized spacial score (nSPS) is 26.3. The van der Waals surface area contributed by atoms with Crippen LogP contribution in [0.15, 0.2) is 22.7 Å². The van der Waals surface area contributed by atoms with Crippen LogP contribution in [0.25, 0.3) is 0 Å². The molecule has 2 rings (SSSR count). The van der Waals surface area contributed by atoms with Crippen molar-refractivity contribution in [2.45, 2.75) is 45.6 Å². The predicted octanol–water partition coefficient (Wildman–Crippen LogP) is 4.08. The summed E-state index contributed by atoms with van der Waals surface area (Å²) in [5.41, 5.74) is 8.93. The molecule has 1 aliphatic rings. The molecule has 1 aromatic carbocycles. The molecule has 1 atom stereocenters. The second kappa shape index (κ2) is 4.86. The van der Waals surface area contributed by atoms with Crippen molar-refractivity contribution in [3.05, 3.63) is 28.2 Å². The van der Waals surface area contributed by atoms with Gasteiger partial charge >= 0.3 is 0 Å². The molecule has 1 fully saturated rings. The zero-order valence-electron chi connectivity index (χ0n) is 11.5. The molecule has 0 spiro atoms. The lowest BCUT2D eigenvalue weighted by Gasteiger charge is -2.32. The first-order chi connectivity index (χ1) is 8.36. The van der Waals surface area contributed by atoms with Gasteiger partial charge in [-0.2, -0.15) is 0 Å². The molecule has 3 heteroatoms. The summed E-state index contributed by atoms with van der Waals surface area (Å²) in [5.74, 6) is 0. The molecule has 2 nitrogen and oxygen atoms in total. The highest BCUT2D eigenvalue weighted by Crippen LogP contribution is 2.45. The summed E-state index contributed by atoms with van der Waals surface area (Å²) in [7, 11) is 0. The van der Waals surface area contributed by atoms with Gasteiger partial charge < -0.3 is 11.1 Å². The van der Waals surface area contributed by atoms with Crippen LogP contribution in [0.5, 0.6) is 0 Å². The SMILES string of the molecule is Cc1ccc(Br)c(NC2(CN)CCC(C)(C)C2)c1. The largest absolute Gasteiger partial charge is 0.377 e. The number of nitrogens with two attached hydrogens (primary N) is 1. The van der Waals surface area contributed by atoms with E-state index >= 15 is 0 Å². The van der Waals surface area contributed by atoms with Crippen LogP contribution in [0.4, 0.5) is 5.69 Å². The summed E-state index contributed by atoms with van der Waals surface area (Å²) in [6.07, 6.45) is 3.52. The Labute approximate surface area is 118 Å². The Morgan fingerprint density at radius 2 is 2.06 bits per heavy atom. The maximum absolute atomic E-state index is 6.05. The van der Waals surface area contributed by atoms with Crippen molar-refractivity contribution in [3.8, 4) is 0 Å². The first-order valence-corrected chi connectivity index (χ1v) is 7.40. The smallest absolute Gasteiger partial charge is 0.0501 e. The Bertz CT molecular complexity index is 442. The predicted molar refractivity (Wildman–Crippen MR) is 81.9 cm³/mol. The van der Waals surface area contributed by atoms with E-state index in [1.165, 1.54) is 12.0 Å². The van der Waals surface area contributed by atoms with Crippen LogP contribution < -0.4 is 11.1 Å². The first-order valence-electron chi connectivity index (χ1n) is 6.60. The Hall–Kier alpha value is -0.540. The van der Waals surface area contributed by atoms with Crippen molar-refractivity contribution >= 4 is 21.6 Å². The van der Waals surface area contributed by atoms with Gasteiger partial charge in [-0.15, -0.1) is 0 Å². The van der Waals surface area contributed by atoms with E-state index in [2.05, 4.69) is 60.2 Å². The number of benzene rings is 1. The van der Waals surface area contributed by atoms with Crippen LogP contribution in [0.1, 0.15) is 38.7 Å². The minimum atomic E-state index is 0.0554. The lowest BCUT2D eigenvalue weighted by Crippen LogP contribution is -2.43. The van der Waals surface area contributed by atoms with Crippen molar-refractivity contribution < 1.29 is 0 Å². The van der Waals surface area contributed by atoms with E-state index in [9.17, 15) is 0 Å². The van der Waals surface area contributed by atoms with Gasteiger partial charge in [-0.3, -0.25) is 0 Å². The lowest BCUT2D eigenvalue weighted by atomic mass is 9.87. The van der Waals surface area contributed by atoms with Crippen LogP contribution in [0, 0.1) is 12.3 Å². The molecule has 1 aromatic rings. The van der Waals surface area contributed by atoms with Crippen molar-refractivity contribution in [2.75, 3.05) is 11.9 Å². The molecule has 3 N–H and O–H groups in total. The lowest BCUT2D eigenvalue weighted by molar-refractivity contribution is 0.351. The zero-order valence-corrected chi connectivity index (χ0v) is 13.1. The topological polar surface area (TPSA) is 38.0 Å². The number of nitrogens with one attached hydrogen (secondary N) is 1. The average Bonchev–Trinajstić information content (AvgIpc) is 2.60. The summed E-state index contributed by atoms with van der Waals surface area (Å²) >= 11 is 3.62. The quantitative estimate of drug-likeness (QED) is 0.883. The van der Waals surface area contributed by atoms with E-state index in [0.29, 0.717) is 12.0 Å². The Morgan fingerprint density at radius 3 is 2.61 bits per heavy atom. The van der Waals surface area contributed by atoms with Gasteiger partial charge in [-0.25, -0.2) is 0 Å². The fraction of sp³-hybridized carbons (Fsp3) is 0.600. The van der Waals surface area contributed by atoms with Crippen LogP contribution >= 0.6 is 15.9 Å². The van der Waals surface area contributed by atoms with E-state index in [1.54, 1.807) is 0 Å². The Morgan fingerprint density at radius 1 is 1.33 bits per heavy atom. The van der Waals surface area contributed by atoms with E-state index in [-0.39, 0.29) is 5.54 Å². The molecule has 1 saturated carbocycles. The monoisotopic (exact) mass is 310 g/mol. The highest BCUT2D eigenvalue weighted by molar-refractivity contribution is 9.10. The average molecular weight is 311 g/mol. The third-order valence-corrected chi connectivity index (χ3v) is 4.70. The number of anilines is 1. The van der Waals surface area contributed by atoms with Gasteiger partial charge in [0, 0.05) is 16.7 Å². The van der Waals surface area contributed by atoms with Crippen molar-refractivity contribution in [1.82, 2.24) is 0 Å². The summed E-state index contributed by atoms with van der Waals surface area (Å²) in [6.45, 7) is 7.47. The molecule has 0 aliphatic heterocycles. The second-order valence-electron chi connectivity index (χ2n) is 6.43. The van der Waals surface area contributed by atoms with Gasteiger partial charge in [0.15, 0.2) is 0 Å². The van der Waals surface area contributed by atoms with E-state index in [4.69, 9.17) is 5.73 Å². The standard InChI is InChI=1S/C15H23BrN2/c1-11-4-5-12(16)13(8-11)18-15(10-17)7-6-14(2,3)9-15/h4-5,8,18H,6-7,9-10,17H2,1-3H3. The minimum Gasteiger partial charge on any atom is -0.377 e. The van der Waals surface area contributed by atoms with Crippen LogP contribution in [-0.4, -0.2) is 12.1 Å². The molecule has 0 radical (unpaired) electrons. The van der Waals surface area contributed by atoms with E-state index in [0.717, 1.165) is 23.0 Å². The van der Waals surface area contributed by atoms with Gasteiger partial charge in [-0.1, -0.05) is 19.9 Å². The van der Waals surface area contributed by atoms with E-state index < -0.39 is 0 Å². The highest BCUT2D eigenvalue weighted by Gasteiger charge is 2.42. The summed E-state index contributed by atoms with van der Waals surface area (Å²) in [6, 6.07) is 6.40. The highest BCUT2D eigenvalue weighted by atomic mass is 79.9. The maximum atomic E-state index is 6.05. The van der Waals surface area contributed by atoms with E-state index in [1.807, 2.05) is 0 Å². The number of rotatable bonds is 3. The summed E-state index contributed by atoms with van der Waals surface area (Å²) in [5, 5.41) is 3.70. The fourth-order valence-corrected chi connectivity index (χ4v) is 3.37. The van der Waals surface area contributed by atoms with Crippen LogP contribution in [-0.2, 0) is 0 Å².